The lowest BCUT2D eigenvalue weighted by Crippen LogP contribution is -2.34. The first-order chi connectivity index (χ1) is 7.67. The summed E-state index contributed by atoms with van der Waals surface area (Å²) >= 11 is 1.70. The molecule has 0 spiro atoms. The number of hydrogen-bond donors (Lipinski definition) is 2. The number of hydrogen-bond acceptors (Lipinski definition) is 4. The number of rotatable bonds is 6. The van der Waals surface area contributed by atoms with Crippen LogP contribution in [0.1, 0.15) is 17.4 Å². The Hall–Kier alpha value is -1.01. The zero-order chi connectivity index (χ0) is 12.0. The maximum absolute atomic E-state index is 11.7. The normalized spacial score (nSPS) is 12.4. The summed E-state index contributed by atoms with van der Waals surface area (Å²) in [6.07, 6.45) is 5.35. The Labute approximate surface area is 99.8 Å². The molecule has 16 heavy (non-hydrogen) atoms. The molecule has 0 aromatic carbocycles. The maximum Gasteiger partial charge on any atom is 0.271 e. The molecule has 0 saturated heterocycles. The predicted octanol–water partition coefficient (Wildman–Crippen LogP) is 0.323. The van der Waals surface area contributed by atoms with Crippen LogP contribution in [0.5, 0.6) is 0 Å². The largest absolute Gasteiger partial charge is 0.347 e. The molecule has 3 N–H and O–H groups in total. The third kappa shape index (κ3) is 3.86. The summed E-state index contributed by atoms with van der Waals surface area (Å²) in [7, 11) is 0. The average molecular weight is 242 g/mol. The second-order valence-electron chi connectivity index (χ2n) is 3.62. The van der Waals surface area contributed by atoms with Gasteiger partial charge in [0.05, 0.1) is 6.33 Å². The highest BCUT2D eigenvalue weighted by molar-refractivity contribution is 7.98. The number of carbonyl (C=O) groups excluding carboxylic acids is 1. The second-order valence-corrected chi connectivity index (χ2v) is 4.53. The quantitative estimate of drug-likeness (QED) is 0.753. The van der Waals surface area contributed by atoms with Crippen molar-refractivity contribution in [3.63, 3.8) is 0 Å². The molecule has 0 saturated carbocycles. The lowest BCUT2D eigenvalue weighted by atomic mass is 10.3. The molecule has 1 aromatic heterocycles. The van der Waals surface area contributed by atoms with Gasteiger partial charge in [-0.1, -0.05) is 0 Å². The van der Waals surface area contributed by atoms with Crippen molar-refractivity contribution in [2.24, 2.45) is 5.73 Å². The van der Waals surface area contributed by atoms with Crippen molar-refractivity contribution >= 4 is 17.7 Å². The minimum atomic E-state index is -0.127. The molecule has 0 aliphatic rings. The summed E-state index contributed by atoms with van der Waals surface area (Å²) in [5.41, 5.74) is 5.86. The molecule has 6 heteroatoms. The van der Waals surface area contributed by atoms with Crippen LogP contribution in [0.25, 0.3) is 0 Å². The highest BCUT2D eigenvalue weighted by atomic mass is 32.2. The Morgan fingerprint density at radius 1 is 1.75 bits per heavy atom. The molecular formula is C10H18N4OS. The fourth-order valence-corrected chi connectivity index (χ4v) is 1.92. The first-order valence-corrected chi connectivity index (χ1v) is 6.58. The van der Waals surface area contributed by atoms with E-state index in [0.29, 0.717) is 18.8 Å². The number of carbonyl (C=O) groups is 1. The highest BCUT2D eigenvalue weighted by Gasteiger charge is 2.11. The Morgan fingerprint density at radius 3 is 3.12 bits per heavy atom. The van der Waals surface area contributed by atoms with Crippen LogP contribution in [0, 0.1) is 0 Å². The summed E-state index contributed by atoms with van der Waals surface area (Å²) in [4.78, 5) is 15.8. The van der Waals surface area contributed by atoms with Crippen molar-refractivity contribution in [1.82, 2.24) is 14.9 Å². The first kappa shape index (κ1) is 13.1. The molecular weight excluding hydrogens is 224 g/mol. The molecule has 1 heterocycles. The number of nitrogens with two attached hydrogens (primary N) is 1. The van der Waals surface area contributed by atoms with Crippen LogP contribution in [0.2, 0.25) is 0 Å². The minimum absolute atomic E-state index is 0.127. The molecule has 0 fully saturated rings. The van der Waals surface area contributed by atoms with Gasteiger partial charge in [0.1, 0.15) is 5.69 Å². The van der Waals surface area contributed by atoms with Crippen molar-refractivity contribution < 1.29 is 4.79 Å². The summed E-state index contributed by atoms with van der Waals surface area (Å²) in [6, 6.07) is 0.155. The molecule has 0 radical (unpaired) electrons. The van der Waals surface area contributed by atoms with E-state index in [-0.39, 0.29) is 11.9 Å². The fourth-order valence-electron chi connectivity index (χ4n) is 1.34. The van der Waals surface area contributed by atoms with Gasteiger partial charge in [-0.25, -0.2) is 4.98 Å². The highest BCUT2D eigenvalue weighted by Crippen LogP contribution is 2.00. The molecule has 0 bridgehead atoms. The van der Waals surface area contributed by atoms with Gasteiger partial charge in [0.15, 0.2) is 0 Å². The Bertz CT molecular complexity index is 339. The van der Waals surface area contributed by atoms with Crippen LogP contribution in [0.4, 0.5) is 0 Å². The molecule has 1 aromatic rings. The SMILES string of the molecule is CSCC(C)NC(=O)c1cn(CCN)cn1. The van der Waals surface area contributed by atoms with Crippen molar-refractivity contribution in [3.05, 3.63) is 18.2 Å². The number of nitrogens with zero attached hydrogens (tertiary/aromatic N) is 2. The van der Waals surface area contributed by atoms with Gasteiger partial charge in [-0.05, 0) is 13.2 Å². The minimum Gasteiger partial charge on any atom is -0.347 e. The molecule has 1 atom stereocenters. The number of thioether (sulfide) groups is 1. The molecule has 1 amide bonds. The van der Waals surface area contributed by atoms with E-state index in [1.807, 2.05) is 17.7 Å². The van der Waals surface area contributed by atoms with E-state index in [1.54, 1.807) is 24.3 Å². The van der Waals surface area contributed by atoms with Crippen LogP contribution >= 0.6 is 11.8 Å². The van der Waals surface area contributed by atoms with Crippen molar-refractivity contribution in [1.29, 1.82) is 0 Å². The van der Waals surface area contributed by atoms with E-state index >= 15 is 0 Å². The molecule has 1 unspecified atom stereocenters. The fraction of sp³-hybridized carbons (Fsp3) is 0.600. The first-order valence-electron chi connectivity index (χ1n) is 5.19. The molecule has 5 nitrogen and oxygen atoms in total. The second kappa shape index (κ2) is 6.55. The Kier molecular flexibility index (Phi) is 5.34. The van der Waals surface area contributed by atoms with E-state index in [2.05, 4.69) is 10.3 Å². The summed E-state index contributed by atoms with van der Waals surface area (Å²) in [5, 5.41) is 2.89. The molecule has 90 valence electrons. The zero-order valence-electron chi connectivity index (χ0n) is 9.64. The zero-order valence-corrected chi connectivity index (χ0v) is 10.5. The van der Waals surface area contributed by atoms with E-state index in [9.17, 15) is 4.79 Å². The van der Waals surface area contributed by atoms with Crippen molar-refractivity contribution in [3.8, 4) is 0 Å². The summed E-state index contributed by atoms with van der Waals surface area (Å²) in [6.45, 7) is 3.20. The number of amides is 1. The lowest BCUT2D eigenvalue weighted by molar-refractivity contribution is 0.0939. The molecule has 1 rings (SSSR count). The van der Waals surface area contributed by atoms with Crippen molar-refractivity contribution in [2.45, 2.75) is 19.5 Å². The summed E-state index contributed by atoms with van der Waals surface area (Å²) < 4.78 is 1.81. The van der Waals surface area contributed by atoms with Crippen LogP contribution in [-0.2, 0) is 6.54 Å². The van der Waals surface area contributed by atoms with Crippen LogP contribution in [0.15, 0.2) is 12.5 Å². The van der Waals surface area contributed by atoms with E-state index in [4.69, 9.17) is 5.73 Å². The van der Waals surface area contributed by atoms with Gasteiger partial charge >= 0.3 is 0 Å². The number of imidazole rings is 1. The number of aromatic nitrogens is 2. The van der Waals surface area contributed by atoms with E-state index < -0.39 is 0 Å². The molecule has 0 aliphatic carbocycles. The smallest absolute Gasteiger partial charge is 0.271 e. The predicted molar refractivity (Wildman–Crippen MR) is 66.6 cm³/mol. The summed E-state index contributed by atoms with van der Waals surface area (Å²) in [5.74, 6) is 0.771. The third-order valence-electron chi connectivity index (χ3n) is 2.05. The standard InChI is InChI=1S/C10H18N4OS/c1-8(6-16-2)13-10(15)9-5-14(4-3-11)7-12-9/h5,7-8H,3-4,6,11H2,1-2H3,(H,13,15). The van der Waals surface area contributed by atoms with Gasteiger partial charge in [-0.2, -0.15) is 11.8 Å². The number of nitrogens with one attached hydrogen (secondary N) is 1. The third-order valence-corrected chi connectivity index (χ3v) is 2.88. The lowest BCUT2D eigenvalue weighted by Gasteiger charge is -2.10. The van der Waals surface area contributed by atoms with Crippen LogP contribution in [-0.4, -0.2) is 40.1 Å². The van der Waals surface area contributed by atoms with E-state index in [1.165, 1.54) is 0 Å². The molecule has 0 aliphatic heterocycles. The van der Waals surface area contributed by atoms with Crippen LogP contribution in [0.3, 0.4) is 0 Å². The monoisotopic (exact) mass is 242 g/mol. The van der Waals surface area contributed by atoms with E-state index in [0.717, 1.165) is 5.75 Å². The Balaban J connectivity index is 2.52. The average Bonchev–Trinajstić information content (AvgIpc) is 2.67. The van der Waals surface area contributed by atoms with Gasteiger partial charge in [-0.15, -0.1) is 0 Å². The maximum atomic E-state index is 11.7. The van der Waals surface area contributed by atoms with Gasteiger partial charge in [0, 0.05) is 31.1 Å². The van der Waals surface area contributed by atoms with Gasteiger partial charge < -0.3 is 15.6 Å². The van der Waals surface area contributed by atoms with Crippen LogP contribution < -0.4 is 11.1 Å². The topological polar surface area (TPSA) is 72.9 Å². The van der Waals surface area contributed by atoms with Gasteiger partial charge in [0.2, 0.25) is 0 Å². The van der Waals surface area contributed by atoms with Gasteiger partial charge in [-0.3, -0.25) is 4.79 Å². The van der Waals surface area contributed by atoms with Crippen molar-refractivity contribution in [2.75, 3.05) is 18.6 Å². The van der Waals surface area contributed by atoms with Gasteiger partial charge in [0.25, 0.3) is 5.91 Å². The Morgan fingerprint density at radius 2 is 2.50 bits per heavy atom.